The Balaban J connectivity index is 2.34. The van der Waals surface area contributed by atoms with Crippen LogP contribution in [0.2, 0.25) is 0 Å². The minimum atomic E-state index is -0.182. The van der Waals surface area contributed by atoms with Crippen molar-refractivity contribution >= 4 is 33.6 Å². The highest BCUT2D eigenvalue weighted by Crippen LogP contribution is 2.20. The van der Waals surface area contributed by atoms with Crippen molar-refractivity contribution in [3.63, 3.8) is 0 Å². The van der Waals surface area contributed by atoms with Gasteiger partial charge in [-0.3, -0.25) is 4.79 Å². The minimum Gasteiger partial charge on any atom is -0.394 e. The molecule has 0 aliphatic carbocycles. The van der Waals surface area contributed by atoms with E-state index in [0.717, 1.165) is 9.37 Å². The topological polar surface area (TPSA) is 49.3 Å². The Morgan fingerprint density at radius 1 is 1.50 bits per heavy atom. The van der Waals surface area contributed by atoms with Crippen LogP contribution >= 0.6 is 27.7 Å². The Bertz CT molecular complexity index is 342. The summed E-state index contributed by atoms with van der Waals surface area (Å²) in [6, 6.07) is 7.61. The fourth-order valence-corrected chi connectivity index (χ4v) is 2.02. The van der Waals surface area contributed by atoms with Gasteiger partial charge >= 0.3 is 0 Å². The summed E-state index contributed by atoms with van der Waals surface area (Å²) in [5, 5.41) is 11.5. The maximum Gasteiger partial charge on any atom is 0.230 e. The number of nitrogens with one attached hydrogen (secondary N) is 1. The van der Waals surface area contributed by atoms with E-state index in [-0.39, 0.29) is 18.6 Å². The predicted octanol–water partition coefficient (Wildman–Crippen LogP) is 2.04. The van der Waals surface area contributed by atoms with Crippen LogP contribution in [0.5, 0.6) is 0 Å². The molecule has 0 aliphatic rings. The fraction of sp³-hybridized carbons (Fsp3) is 0.364. The van der Waals surface area contributed by atoms with E-state index in [1.807, 2.05) is 24.3 Å². The summed E-state index contributed by atoms with van der Waals surface area (Å²) in [7, 11) is 0. The second-order valence-electron chi connectivity index (χ2n) is 3.39. The van der Waals surface area contributed by atoms with Gasteiger partial charge in [0.1, 0.15) is 0 Å². The quantitative estimate of drug-likeness (QED) is 0.819. The summed E-state index contributed by atoms with van der Waals surface area (Å²) < 4.78 is 1.02. The average Bonchev–Trinajstić information content (AvgIpc) is 2.28. The lowest BCUT2D eigenvalue weighted by atomic mass is 10.4. The Morgan fingerprint density at radius 2 is 2.12 bits per heavy atom. The monoisotopic (exact) mass is 303 g/mol. The molecule has 1 amide bonds. The predicted molar refractivity (Wildman–Crippen MR) is 69.6 cm³/mol. The van der Waals surface area contributed by atoms with E-state index in [4.69, 9.17) is 5.11 Å². The van der Waals surface area contributed by atoms with Crippen LogP contribution in [0.15, 0.2) is 33.6 Å². The Morgan fingerprint density at radius 3 is 2.69 bits per heavy atom. The molecular weight excluding hydrogens is 290 g/mol. The molecule has 0 saturated heterocycles. The number of carbonyl (C=O) groups excluding carboxylic acids is 1. The Kier molecular flexibility index (Phi) is 5.87. The van der Waals surface area contributed by atoms with Crippen molar-refractivity contribution < 1.29 is 9.90 Å². The first-order valence-electron chi connectivity index (χ1n) is 4.90. The van der Waals surface area contributed by atoms with E-state index in [1.165, 1.54) is 11.8 Å². The molecule has 1 aromatic carbocycles. The summed E-state index contributed by atoms with van der Waals surface area (Å²) in [5.74, 6) is 0.306. The van der Waals surface area contributed by atoms with Crippen LogP contribution in [-0.2, 0) is 4.79 Å². The average molecular weight is 304 g/mol. The highest BCUT2D eigenvalue weighted by molar-refractivity contribution is 9.10. The van der Waals surface area contributed by atoms with Crippen LogP contribution in [0.25, 0.3) is 0 Å². The number of amides is 1. The first-order valence-corrected chi connectivity index (χ1v) is 6.68. The molecule has 1 atom stereocenters. The molecule has 2 N–H and O–H groups in total. The van der Waals surface area contributed by atoms with Crippen molar-refractivity contribution in [2.24, 2.45) is 0 Å². The van der Waals surface area contributed by atoms with Gasteiger partial charge in [0.05, 0.1) is 12.4 Å². The van der Waals surface area contributed by atoms with Crippen molar-refractivity contribution in [1.82, 2.24) is 5.32 Å². The lowest BCUT2D eigenvalue weighted by Gasteiger charge is -2.10. The Labute approximate surface area is 108 Å². The van der Waals surface area contributed by atoms with Gasteiger partial charge in [-0.15, -0.1) is 11.8 Å². The number of halogens is 1. The molecule has 0 heterocycles. The lowest BCUT2D eigenvalue weighted by Crippen LogP contribution is -2.36. The number of benzene rings is 1. The van der Waals surface area contributed by atoms with Crippen molar-refractivity contribution in [3.8, 4) is 0 Å². The standard InChI is InChI=1S/C11H14BrNO2S/c1-8(6-14)13-11(15)7-16-10-4-2-9(12)3-5-10/h2-5,8,14H,6-7H2,1H3,(H,13,15)/t8-/m0/s1. The molecule has 16 heavy (non-hydrogen) atoms. The van der Waals surface area contributed by atoms with Crippen LogP contribution in [0.4, 0.5) is 0 Å². The van der Waals surface area contributed by atoms with Gasteiger partial charge in [-0.05, 0) is 31.2 Å². The summed E-state index contributed by atoms with van der Waals surface area (Å²) >= 11 is 4.83. The molecule has 5 heteroatoms. The number of hydrogen-bond acceptors (Lipinski definition) is 3. The molecule has 0 aliphatic heterocycles. The van der Waals surface area contributed by atoms with E-state index in [2.05, 4.69) is 21.2 Å². The van der Waals surface area contributed by atoms with E-state index < -0.39 is 0 Å². The maximum absolute atomic E-state index is 11.4. The number of aliphatic hydroxyl groups excluding tert-OH is 1. The van der Waals surface area contributed by atoms with Crippen LogP contribution in [0.3, 0.4) is 0 Å². The first kappa shape index (κ1) is 13.5. The van der Waals surface area contributed by atoms with Gasteiger partial charge in [-0.1, -0.05) is 15.9 Å². The van der Waals surface area contributed by atoms with Gasteiger partial charge < -0.3 is 10.4 Å². The summed E-state index contributed by atoms with van der Waals surface area (Å²) in [6.07, 6.45) is 0. The minimum absolute atomic E-state index is 0.0330. The molecule has 0 unspecified atom stereocenters. The third-order valence-electron chi connectivity index (χ3n) is 1.86. The summed E-state index contributed by atoms with van der Waals surface area (Å²) in [4.78, 5) is 12.5. The van der Waals surface area contributed by atoms with Crippen molar-refractivity contribution in [2.45, 2.75) is 17.9 Å². The zero-order chi connectivity index (χ0) is 12.0. The van der Waals surface area contributed by atoms with E-state index in [9.17, 15) is 4.79 Å². The zero-order valence-electron chi connectivity index (χ0n) is 8.94. The molecule has 0 saturated carbocycles. The normalized spacial score (nSPS) is 12.2. The van der Waals surface area contributed by atoms with Crippen molar-refractivity contribution in [2.75, 3.05) is 12.4 Å². The van der Waals surface area contributed by atoms with E-state index in [0.29, 0.717) is 5.75 Å². The number of thioether (sulfide) groups is 1. The van der Waals surface area contributed by atoms with Crippen molar-refractivity contribution in [3.05, 3.63) is 28.7 Å². The molecule has 0 radical (unpaired) electrons. The molecule has 0 bridgehead atoms. The van der Waals surface area contributed by atoms with E-state index >= 15 is 0 Å². The third-order valence-corrected chi connectivity index (χ3v) is 3.41. The van der Waals surface area contributed by atoms with Crippen LogP contribution in [0.1, 0.15) is 6.92 Å². The lowest BCUT2D eigenvalue weighted by molar-refractivity contribution is -0.119. The van der Waals surface area contributed by atoms with Gasteiger partial charge in [0.25, 0.3) is 0 Å². The smallest absolute Gasteiger partial charge is 0.230 e. The number of carbonyl (C=O) groups is 1. The molecule has 88 valence electrons. The molecule has 1 aromatic rings. The van der Waals surface area contributed by atoms with Gasteiger partial charge in [-0.25, -0.2) is 0 Å². The van der Waals surface area contributed by atoms with Crippen LogP contribution in [-0.4, -0.2) is 29.4 Å². The first-order chi connectivity index (χ1) is 7.61. The second-order valence-corrected chi connectivity index (χ2v) is 5.36. The van der Waals surface area contributed by atoms with Gasteiger partial charge in [0.15, 0.2) is 0 Å². The number of hydrogen-bond donors (Lipinski definition) is 2. The highest BCUT2D eigenvalue weighted by Gasteiger charge is 2.06. The number of rotatable bonds is 5. The fourth-order valence-electron chi connectivity index (χ4n) is 1.04. The summed E-state index contributed by atoms with van der Waals surface area (Å²) in [6.45, 7) is 1.73. The van der Waals surface area contributed by atoms with Crippen LogP contribution < -0.4 is 5.32 Å². The highest BCUT2D eigenvalue weighted by atomic mass is 79.9. The maximum atomic E-state index is 11.4. The molecular formula is C11H14BrNO2S. The van der Waals surface area contributed by atoms with Gasteiger partial charge in [0, 0.05) is 15.4 Å². The van der Waals surface area contributed by atoms with Crippen molar-refractivity contribution in [1.29, 1.82) is 0 Å². The molecule has 3 nitrogen and oxygen atoms in total. The molecule has 0 spiro atoms. The molecule has 0 fully saturated rings. The SMILES string of the molecule is C[C@@H](CO)NC(=O)CSc1ccc(Br)cc1. The second kappa shape index (κ2) is 6.93. The number of aliphatic hydroxyl groups is 1. The van der Waals surface area contributed by atoms with Gasteiger partial charge in [0.2, 0.25) is 5.91 Å². The van der Waals surface area contributed by atoms with Gasteiger partial charge in [-0.2, -0.15) is 0 Å². The molecule has 0 aromatic heterocycles. The largest absolute Gasteiger partial charge is 0.394 e. The van der Waals surface area contributed by atoms with Crippen LogP contribution in [0, 0.1) is 0 Å². The Hall–Kier alpha value is -0.520. The summed E-state index contributed by atoms with van der Waals surface area (Å²) in [5.41, 5.74) is 0. The zero-order valence-corrected chi connectivity index (χ0v) is 11.3. The third kappa shape index (κ3) is 5.01. The molecule has 1 rings (SSSR count). The van der Waals surface area contributed by atoms with E-state index in [1.54, 1.807) is 6.92 Å².